The molecular formula is C31H44N8O4. The molecule has 12 heteroatoms. The molecule has 2 atom stereocenters. The Morgan fingerprint density at radius 3 is 1.70 bits per heavy atom. The van der Waals surface area contributed by atoms with Gasteiger partial charge < -0.3 is 15.0 Å². The average molecular weight is 593 g/mol. The molecule has 4 heterocycles. The molecule has 2 saturated carbocycles. The summed E-state index contributed by atoms with van der Waals surface area (Å²) >= 11 is 0. The van der Waals surface area contributed by atoms with Crippen molar-refractivity contribution in [3.05, 3.63) is 37.2 Å². The van der Waals surface area contributed by atoms with E-state index in [2.05, 4.69) is 25.3 Å². The number of nitrogens with one attached hydrogen (secondary N) is 1. The minimum absolute atomic E-state index is 0.0142. The number of rotatable bonds is 4. The predicted molar refractivity (Wildman–Crippen MR) is 161 cm³/mol. The van der Waals surface area contributed by atoms with Crippen molar-refractivity contribution >= 4 is 29.5 Å². The van der Waals surface area contributed by atoms with Gasteiger partial charge in [-0.3, -0.25) is 29.4 Å². The van der Waals surface area contributed by atoms with E-state index < -0.39 is 5.60 Å². The summed E-state index contributed by atoms with van der Waals surface area (Å²) in [4.78, 5) is 58.7. The van der Waals surface area contributed by atoms with Gasteiger partial charge in [0.2, 0.25) is 11.8 Å². The van der Waals surface area contributed by atoms with Gasteiger partial charge >= 0.3 is 6.09 Å². The first-order chi connectivity index (χ1) is 20.4. The van der Waals surface area contributed by atoms with Crippen LogP contribution in [0, 0.1) is 22.7 Å². The molecule has 3 amide bonds. The van der Waals surface area contributed by atoms with Gasteiger partial charge in [0.1, 0.15) is 5.60 Å². The Labute approximate surface area is 253 Å². The Kier molecular flexibility index (Phi) is 8.69. The molecule has 2 unspecified atom stereocenters. The molecule has 2 aromatic rings. The lowest BCUT2D eigenvalue weighted by molar-refractivity contribution is -0.121. The zero-order chi connectivity index (χ0) is 30.8. The number of anilines is 2. The zero-order valence-electron chi connectivity index (χ0n) is 26.0. The number of carbonyl (C=O) groups is 3. The molecule has 2 aliphatic carbocycles. The van der Waals surface area contributed by atoms with Crippen molar-refractivity contribution in [2.75, 3.05) is 50.1 Å². The van der Waals surface area contributed by atoms with Gasteiger partial charge in [-0.25, -0.2) is 14.8 Å². The van der Waals surface area contributed by atoms with Crippen LogP contribution in [-0.4, -0.2) is 88.6 Å². The van der Waals surface area contributed by atoms with Crippen molar-refractivity contribution in [2.24, 2.45) is 22.7 Å². The summed E-state index contributed by atoms with van der Waals surface area (Å²) in [6, 6.07) is 0. The van der Waals surface area contributed by atoms with Crippen molar-refractivity contribution < 1.29 is 19.1 Å². The fourth-order valence-electron chi connectivity index (χ4n) is 6.51. The van der Waals surface area contributed by atoms with E-state index in [0.717, 1.165) is 51.6 Å². The van der Waals surface area contributed by atoms with Crippen molar-refractivity contribution in [1.82, 2.24) is 30.2 Å². The fourth-order valence-corrected chi connectivity index (χ4v) is 6.51. The van der Waals surface area contributed by atoms with E-state index in [1.807, 2.05) is 20.8 Å². The Morgan fingerprint density at radius 1 is 0.814 bits per heavy atom. The SMILES string of the molecule is CN(C(=O)C1CC12CCN(C(=O)OC(C)(C)C)CC2)c1cnccn1.CN(C(=O)C1CC12CCNCC2)c1cnccn1. The van der Waals surface area contributed by atoms with Crippen LogP contribution in [-0.2, 0) is 14.3 Å². The first-order valence-corrected chi connectivity index (χ1v) is 15.2. The quantitative estimate of drug-likeness (QED) is 0.568. The van der Waals surface area contributed by atoms with E-state index in [-0.39, 0.29) is 40.6 Å². The molecule has 12 nitrogen and oxygen atoms in total. The van der Waals surface area contributed by atoms with E-state index in [9.17, 15) is 14.4 Å². The highest BCUT2D eigenvalue weighted by Crippen LogP contribution is 2.60. The highest BCUT2D eigenvalue weighted by Gasteiger charge is 2.60. The molecule has 2 aromatic heterocycles. The van der Waals surface area contributed by atoms with Gasteiger partial charge in [0.15, 0.2) is 11.6 Å². The number of aromatic nitrogens is 4. The second-order valence-electron chi connectivity index (χ2n) is 13.4. The zero-order valence-corrected chi connectivity index (χ0v) is 26.0. The summed E-state index contributed by atoms with van der Waals surface area (Å²) in [5.41, 5.74) is -0.172. The van der Waals surface area contributed by atoms with Crippen LogP contribution in [0.2, 0.25) is 0 Å². The summed E-state index contributed by atoms with van der Waals surface area (Å²) in [5.74, 6) is 1.69. The summed E-state index contributed by atoms with van der Waals surface area (Å²) in [6.07, 6.45) is 15.2. The maximum Gasteiger partial charge on any atom is 0.410 e. The molecule has 2 saturated heterocycles. The third-order valence-corrected chi connectivity index (χ3v) is 9.43. The number of ether oxygens (including phenoxy) is 1. The molecule has 6 rings (SSSR count). The molecule has 1 N–H and O–H groups in total. The van der Waals surface area contributed by atoms with Crippen molar-refractivity contribution in [3.63, 3.8) is 0 Å². The van der Waals surface area contributed by atoms with Gasteiger partial charge in [-0.05, 0) is 83.2 Å². The number of hydrogen-bond donors (Lipinski definition) is 1. The van der Waals surface area contributed by atoms with Gasteiger partial charge in [0, 0.05) is 63.8 Å². The standard InChI is InChI=1S/C18H26N4O3.C13H18N4O/c1-17(2,3)25-16(24)22-9-5-18(6-10-22)11-13(18)15(23)21(4)14-12-19-7-8-20-14;1-17(11-9-15-6-7-16-11)12(18)10-8-13(10)2-4-14-5-3-13/h7-8,12-13H,5-6,9-11H2,1-4H3;6-7,9-10,14H,2-5,8H2,1H3. The highest BCUT2D eigenvalue weighted by molar-refractivity contribution is 5.96. The number of likely N-dealkylation sites (tertiary alicyclic amines) is 1. The third-order valence-electron chi connectivity index (χ3n) is 9.43. The van der Waals surface area contributed by atoms with Gasteiger partial charge in [0.25, 0.3) is 0 Å². The summed E-state index contributed by atoms with van der Waals surface area (Å²) < 4.78 is 5.43. The highest BCUT2D eigenvalue weighted by atomic mass is 16.6. The Balaban J connectivity index is 0.000000180. The predicted octanol–water partition coefficient (Wildman–Crippen LogP) is 3.31. The van der Waals surface area contributed by atoms with E-state index in [4.69, 9.17) is 4.74 Å². The molecule has 0 aromatic carbocycles. The molecule has 232 valence electrons. The van der Waals surface area contributed by atoms with Crippen LogP contribution in [0.1, 0.15) is 59.3 Å². The summed E-state index contributed by atoms with van der Waals surface area (Å²) in [7, 11) is 3.54. The molecule has 4 fully saturated rings. The van der Waals surface area contributed by atoms with Crippen LogP contribution in [0.3, 0.4) is 0 Å². The topological polar surface area (TPSA) is 134 Å². The third kappa shape index (κ3) is 6.95. The number of nitrogens with zero attached hydrogens (tertiary/aromatic N) is 7. The van der Waals surface area contributed by atoms with E-state index in [0.29, 0.717) is 24.7 Å². The lowest BCUT2D eigenvalue weighted by Crippen LogP contribution is -2.43. The number of hydrogen-bond acceptors (Lipinski definition) is 9. The number of piperidine rings is 2. The van der Waals surface area contributed by atoms with Crippen LogP contribution in [0.15, 0.2) is 37.2 Å². The van der Waals surface area contributed by atoms with Crippen LogP contribution >= 0.6 is 0 Å². The van der Waals surface area contributed by atoms with Crippen molar-refractivity contribution in [3.8, 4) is 0 Å². The minimum atomic E-state index is -0.482. The lowest BCUT2D eigenvalue weighted by Gasteiger charge is -2.34. The average Bonchev–Trinajstić information content (AvgIpc) is 3.91. The summed E-state index contributed by atoms with van der Waals surface area (Å²) in [5, 5.41) is 3.35. The summed E-state index contributed by atoms with van der Waals surface area (Å²) in [6.45, 7) is 8.98. The molecule has 0 bridgehead atoms. The Hall–Kier alpha value is -3.67. The first kappa shape index (κ1) is 30.8. The largest absolute Gasteiger partial charge is 0.444 e. The Morgan fingerprint density at radius 2 is 1.28 bits per heavy atom. The van der Waals surface area contributed by atoms with E-state index in [1.165, 1.54) is 0 Å². The maximum absolute atomic E-state index is 12.7. The van der Waals surface area contributed by atoms with Crippen LogP contribution in [0.5, 0.6) is 0 Å². The molecule has 2 aliphatic heterocycles. The Bertz CT molecular complexity index is 1290. The van der Waals surface area contributed by atoms with Gasteiger partial charge in [-0.15, -0.1) is 0 Å². The van der Waals surface area contributed by atoms with Gasteiger partial charge in [-0.1, -0.05) is 0 Å². The normalized spacial score (nSPS) is 23.0. The molecule has 4 aliphatic rings. The second-order valence-corrected chi connectivity index (χ2v) is 13.4. The molecule has 2 spiro atoms. The monoisotopic (exact) mass is 592 g/mol. The maximum atomic E-state index is 12.7. The molecule has 43 heavy (non-hydrogen) atoms. The smallest absolute Gasteiger partial charge is 0.410 e. The van der Waals surface area contributed by atoms with Crippen molar-refractivity contribution in [1.29, 1.82) is 0 Å². The molecular weight excluding hydrogens is 548 g/mol. The van der Waals surface area contributed by atoms with Crippen LogP contribution in [0.25, 0.3) is 0 Å². The first-order valence-electron chi connectivity index (χ1n) is 15.2. The minimum Gasteiger partial charge on any atom is -0.444 e. The van der Waals surface area contributed by atoms with Gasteiger partial charge in [0.05, 0.1) is 12.4 Å². The van der Waals surface area contributed by atoms with Crippen molar-refractivity contribution in [2.45, 2.75) is 64.9 Å². The molecule has 0 radical (unpaired) electrons. The lowest BCUT2D eigenvalue weighted by atomic mass is 9.90. The van der Waals surface area contributed by atoms with Crippen LogP contribution in [0.4, 0.5) is 16.4 Å². The fraction of sp³-hybridized carbons (Fsp3) is 0.645. The van der Waals surface area contributed by atoms with Gasteiger partial charge in [-0.2, -0.15) is 0 Å². The second kappa shape index (κ2) is 12.1. The number of carbonyl (C=O) groups excluding carboxylic acids is 3. The van der Waals surface area contributed by atoms with E-state index >= 15 is 0 Å². The van der Waals surface area contributed by atoms with E-state index in [1.54, 1.807) is 66.0 Å². The number of amides is 3. The van der Waals surface area contributed by atoms with Crippen LogP contribution < -0.4 is 15.1 Å².